The Morgan fingerprint density at radius 3 is 2.67 bits per heavy atom. The lowest BCUT2D eigenvalue weighted by Crippen LogP contribution is -2.37. The second kappa shape index (κ2) is 6.39. The minimum absolute atomic E-state index is 0.406. The van der Waals surface area contributed by atoms with Gasteiger partial charge in [0.25, 0.3) is 0 Å². The normalized spacial score (nSPS) is 17.2. The van der Waals surface area contributed by atoms with Crippen molar-refractivity contribution in [2.24, 2.45) is 0 Å². The first-order chi connectivity index (χ1) is 8.76. The predicted molar refractivity (Wildman–Crippen MR) is 75.4 cm³/mol. The van der Waals surface area contributed by atoms with Crippen LogP contribution >= 0.6 is 11.6 Å². The summed E-state index contributed by atoms with van der Waals surface area (Å²) >= 11 is 5.95. The molecule has 100 valence electrons. The monoisotopic (exact) mass is 268 g/mol. The summed E-state index contributed by atoms with van der Waals surface area (Å²) in [5.41, 5.74) is 2.28. The molecule has 1 fully saturated rings. The zero-order valence-corrected chi connectivity index (χ0v) is 11.9. The van der Waals surface area contributed by atoms with Crippen molar-refractivity contribution in [3.05, 3.63) is 23.4 Å². The van der Waals surface area contributed by atoms with E-state index in [0.29, 0.717) is 12.0 Å². The number of methoxy groups -OCH3 is 1. The van der Waals surface area contributed by atoms with Crippen LogP contribution in [0.5, 0.6) is 0 Å². The van der Waals surface area contributed by atoms with Crippen LogP contribution in [0.15, 0.2) is 12.1 Å². The lowest BCUT2D eigenvalue weighted by atomic mass is 10.1. The Balaban J connectivity index is 2.13. The number of nitrogens with zero attached hydrogens (tertiary/aromatic N) is 2. The molecule has 1 aromatic heterocycles. The average molecular weight is 269 g/mol. The maximum Gasteiger partial charge on any atom is 0.129 e. The molecule has 0 amide bonds. The highest BCUT2D eigenvalue weighted by molar-refractivity contribution is 6.17. The van der Waals surface area contributed by atoms with E-state index in [4.69, 9.17) is 21.3 Å². The van der Waals surface area contributed by atoms with Gasteiger partial charge in [0.15, 0.2) is 0 Å². The number of alkyl halides is 1. The lowest BCUT2D eigenvalue weighted by molar-refractivity contribution is 0.0818. The van der Waals surface area contributed by atoms with Crippen LogP contribution < -0.4 is 4.90 Å². The molecule has 0 atom stereocenters. The van der Waals surface area contributed by atoms with Crippen LogP contribution in [-0.4, -0.2) is 31.3 Å². The van der Waals surface area contributed by atoms with E-state index in [1.165, 1.54) is 0 Å². The molecule has 0 radical (unpaired) electrons. The van der Waals surface area contributed by atoms with Gasteiger partial charge in [-0.15, -0.1) is 11.6 Å². The first-order valence-electron chi connectivity index (χ1n) is 6.60. The van der Waals surface area contributed by atoms with E-state index in [9.17, 15) is 0 Å². The third-order valence-corrected chi connectivity index (χ3v) is 3.85. The van der Waals surface area contributed by atoms with Crippen molar-refractivity contribution < 1.29 is 4.74 Å². The van der Waals surface area contributed by atoms with Gasteiger partial charge in [0.05, 0.1) is 6.10 Å². The third kappa shape index (κ3) is 3.15. The van der Waals surface area contributed by atoms with E-state index >= 15 is 0 Å². The summed E-state index contributed by atoms with van der Waals surface area (Å²) in [4.78, 5) is 7.04. The number of ether oxygens (including phenoxy) is 1. The van der Waals surface area contributed by atoms with Gasteiger partial charge >= 0.3 is 0 Å². The maximum absolute atomic E-state index is 5.95. The Hall–Kier alpha value is -0.800. The van der Waals surface area contributed by atoms with Crippen molar-refractivity contribution in [1.82, 2.24) is 4.98 Å². The summed E-state index contributed by atoms with van der Waals surface area (Å²) in [6.45, 7) is 4.15. The van der Waals surface area contributed by atoms with Gasteiger partial charge in [-0.05, 0) is 37.0 Å². The summed E-state index contributed by atoms with van der Waals surface area (Å²) in [5, 5.41) is 0. The highest BCUT2D eigenvalue weighted by Gasteiger charge is 2.20. The highest BCUT2D eigenvalue weighted by Crippen LogP contribution is 2.22. The second-order valence-electron chi connectivity index (χ2n) is 4.73. The third-order valence-electron chi connectivity index (χ3n) is 3.54. The molecule has 0 aromatic carbocycles. The molecule has 0 spiro atoms. The first kappa shape index (κ1) is 13.6. The molecule has 4 heteroatoms. The Bertz CT molecular complexity index is 367. The van der Waals surface area contributed by atoms with Crippen LogP contribution in [0.4, 0.5) is 5.82 Å². The number of pyridine rings is 1. The quantitative estimate of drug-likeness (QED) is 0.785. The number of hydrogen-bond acceptors (Lipinski definition) is 3. The van der Waals surface area contributed by atoms with Gasteiger partial charge in [0.1, 0.15) is 5.82 Å². The Labute approximate surface area is 114 Å². The summed E-state index contributed by atoms with van der Waals surface area (Å²) < 4.78 is 5.40. The minimum Gasteiger partial charge on any atom is -0.381 e. The van der Waals surface area contributed by atoms with Crippen LogP contribution in [-0.2, 0) is 17.0 Å². The van der Waals surface area contributed by atoms with Gasteiger partial charge < -0.3 is 9.64 Å². The summed E-state index contributed by atoms with van der Waals surface area (Å²) in [6, 6.07) is 4.21. The van der Waals surface area contributed by atoms with Crippen molar-refractivity contribution in [2.45, 2.75) is 38.2 Å². The van der Waals surface area contributed by atoms with E-state index in [-0.39, 0.29) is 0 Å². The van der Waals surface area contributed by atoms with E-state index < -0.39 is 0 Å². The van der Waals surface area contributed by atoms with Crippen LogP contribution in [0.2, 0.25) is 0 Å². The molecular formula is C14H21ClN2O. The molecular weight excluding hydrogens is 248 g/mol. The number of piperidine rings is 1. The van der Waals surface area contributed by atoms with Crippen molar-refractivity contribution in [1.29, 1.82) is 0 Å². The summed E-state index contributed by atoms with van der Waals surface area (Å²) in [6.07, 6.45) is 3.50. The van der Waals surface area contributed by atoms with Crippen molar-refractivity contribution in [2.75, 3.05) is 25.1 Å². The first-order valence-corrected chi connectivity index (χ1v) is 7.13. The van der Waals surface area contributed by atoms with Gasteiger partial charge in [-0.25, -0.2) is 4.98 Å². The molecule has 0 saturated carbocycles. The molecule has 2 rings (SSSR count). The number of rotatable bonds is 4. The smallest absolute Gasteiger partial charge is 0.129 e. The Kier molecular flexibility index (Phi) is 4.84. The summed E-state index contributed by atoms with van der Waals surface area (Å²) in [5.74, 6) is 1.62. The number of hydrogen-bond donors (Lipinski definition) is 0. The topological polar surface area (TPSA) is 25.4 Å². The second-order valence-corrected chi connectivity index (χ2v) is 5.00. The van der Waals surface area contributed by atoms with E-state index in [1.54, 1.807) is 7.11 Å². The van der Waals surface area contributed by atoms with Crippen LogP contribution in [0, 0.1) is 0 Å². The van der Waals surface area contributed by atoms with Crippen molar-refractivity contribution in [3.63, 3.8) is 0 Å². The molecule has 0 N–H and O–H groups in total. The maximum atomic E-state index is 5.95. The number of aryl methyl sites for hydroxylation is 1. The molecule has 0 aliphatic carbocycles. The van der Waals surface area contributed by atoms with E-state index in [2.05, 4.69) is 24.0 Å². The molecule has 3 nitrogen and oxygen atoms in total. The Morgan fingerprint density at radius 1 is 1.39 bits per heavy atom. The highest BCUT2D eigenvalue weighted by atomic mass is 35.5. The van der Waals surface area contributed by atoms with Crippen LogP contribution in [0.25, 0.3) is 0 Å². The molecule has 1 aliphatic heterocycles. The molecule has 2 heterocycles. The van der Waals surface area contributed by atoms with Crippen molar-refractivity contribution >= 4 is 17.4 Å². The zero-order chi connectivity index (χ0) is 13.0. The summed E-state index contributed by atoms with van der Waals surface area (Å²) in [7, 11) is 1.79. The molecule has 1 aliphatic rings. The molecule has 1 aromatic rings. The van der Waals surface area contributed by atoms with Gasteiger partial charge in [-0.2, -0.15) is 0 Å². The van der Waals surface area contributed by atoms with Gasteiger partial charge in [-0.1, -0.05) is 6.92 Å². The lowest BCUT2D eigenvalue weighted by Gasteiger charge is -2.32. The fourth-order valence-corrected chi connectivity index (χ4v) is 2.53. The number of halogens is 1. The molecule has 0 bridgehead atoms. The molecule has 0 unspecified atom stereocenters. The molecule has 18 heavy (non-hydrogen) atoms. The molecule has 1 saturated heterocycles. The van der Waals surface area contributed by atoms with Crippen LogP contribution in [0.3, 0.4) is 0 Å². The SMILES string of the molecule is CCc1cc(CCl)cc(N2CCC(OC)CC2)n1. The predicted octanol–water partition coefficient (Wildman–Crippen LogP) is 3.00. The van der Waals surface area contributed by atoms with Crippen molar-refractivity contribution in [3.8, 4) is 0 Å². The average Bonchev–Trinajstić information content (AvgIpc) is 2.46. The largest absolute Gasteiger partial charge is 0.381 e. The minimum atomic E-state index is 0.406. The zero-order valence-electron chi connectivity index (χ0n) is 11.2. The standard InChI is InChI=1S/C14H21ClN2O/c1-3-12-8-11(10-15)9-14(16-12)17-6-4-13(18-2)5-7-17/h8-9,13H,3-7,10H2,1-2H3. The fourth-order valence-electron chi connectivity index (χ4n) is 2.37. The van der Waals surface area contributed by atoms with Gasteiger partial charge in [-0.3, -0.25) is 0 Å². The number of anilines is 1. The Morgan fingerprint density at radius 2 is 2.11 bits per heavy atom. The van der Waals surface area contributed by atoms with E-state index in [1.807, 2.05) is 0 Å². The van der Waals surface area contributed by atoms with Gasteiger partial charge in [0.2, 0.25) is 0 Å². The van der Waals surface area contributed by atoms with Gasteiger partial charge in [0, 0.05) is 31.8 Å². The van der Waals surface area contributed by atoms with Crippen LogP contribution in [0.1, 0.15) is 31.0 Å². The number of aromatic nitrogens is 1. The fraction of sp³-hybridized carbons (Fsp3) is 0.643. The van der Waals surface area contributed by atoms with E-state index in [0.717, 1.165) is 49.4 Å².